The van der Waals surface area contributed by atoms with Gasteiger partial charge in [0.25, 0.3) is 0 Å². The van der Waals surface area contributed by atoms with E-state index >= 15 is 0 Å². The van der Waals surface area contributed by atoms with E-state index in [2.05, 4.69) is 11.9 Å². The molecule has 0 radical (unpaired) electrons. The molecule has 0 saturated carbocycles. The average molecular weight is 175 g/mol. The first-order valence-corrected chi connectivity index (χ1v) is 4.20. The summed E-state index contributed by atoms with van der Waals surface area (Å²) in [6, 6.07) is 7.74. The molecule has 1 amide bonds. The predicted molar refractivity (Wildman–Crippen MR) is 54.6 cm³/mol. The summed E-state index contributed by atoms with van der Waals surface area (Å²) in [7, 11) is 0. The normalized spacial score (nSPS) is 9.31. The van der Waals surface area contributed by atoms with Crippen LogP contribution in [0.2, 0.25) is 0 Å². The Kier molecular flexibility index (Phi) is 3.26. The molecule has 0 aromatic heterocycles. The fraction of sp³-hybridized carbons (Fsp3) is 0.182. The fourth-order valence-corrected chi connectivity index (χ4v) is 1.15. The molecule has 0 unspecified atom stereocenters. The van der Waals surface area contributed by atoms with Gasteiger partial charge in [-0.25, -0.2) is 0 Å². The zero-order chi connectivity index (χ0) is 9.68. The van der Waals surface area contributed by atoms with Crippen LogP contribution in [0.25, 0.3) is 0 Å². The van der Waals surface area contributed by atoms with E-state index < -0.39 is 0 Å². The minimum Gasteiger partial charge on any atom is -0.326 e. The molecule has 68 valence electrons. The van der Waals surface area contributed by atoms with Gasteiger partial charge in [-0.1, -0.05) is 18.2 Å². The number of rotatable bonds is 3. The summed E-state index contributed by atoms with van der Waals surface area (Å²) in [6.45, 7) is 5.16. The number of carbonyl (C=O) groups is 1. The standard InChI is InChI=1S/C11H13NO/c1-3-5-10-6-4-7-11(8-10)12-9(2)13/h3-4,6-8H,1,5H2,2H3,(H,12,13). The van der Waals surface area contributed by atoms with Crippen molar-refractivity contribution in [3.63, 3.8) is 0 Å². The van der Waals surface area contributed by atoms with Crippen LogP contribution in [0.15, 0.2) is 36.9 Å². The van der Waals surface area contributed by atoms with Gasteiger partial charge in [-0.05, 0) is 24.1 Å². The first-order chi connectivity index (χ1) is 6.22. The van der Waals surface area contributed by atoms with Crippen LogP contribution in [-0.4, -0.2) is 5.91 Å². The summed E-state index contributed by atoms with van der Waals surface area (Å²) in [5, 5.41) is 2.73. The van der Waals surface area contributed by atoms with E-state index in [0.717, 1.165) is 17.7 Å². The first-order valence-electron chi connectivity index (χ1n) is 4.20. The molecule has 0 bridgehead atoms. The van der Waals surface area contributed by atoms with Gasteiger partial charge in [0.05, 0.1) is 0 Å². The molecule has 2 nitrogen and oxygen atoms in total. The molecule has 0 spiro atoms. The molecule has 2 heteroatoms. The van der Waals surface area contributed by atoms with Gasteiger partial charge in [0.15, 0.2) is 0 Å². The molecule has 0 aliphatic heterocycles. The van der Waals surface area contributed by atoms with Crippen LogP contribution in [0.1, 0.15) is 12.5 Å². The number of anilines is 1. The molecule has 13 heavy (non-hydrogen) atoms. The minimum atomic E-state index is -0.0456. The van der Waals surface area contributed by atoms with Gasteiger partial charge < -0.3 is 5.32 Å². The highest BCUT2D eigenvalue weighted by molar-refractivity contribution is 5.88. The molecule has 1 aromatic carbocycles. The van der Waals surface area contributed by atoms with Crippen LogP contribution in [0.3, 0.4) is 0 Å². The maximum Gasteiger partial charge on any atom is 0.221 e. The summed E-state index contributed by atoms with van der Waals surface area (Å²) >= 11 is 0. The summed E-state index contributed by atoms with van der Waals surface area (Å²) in [5.74, 6) is -0.0456. The predicted octanol–water partition coefficient (Wildman–Crippen LogP) is 2.37. The number of allylic oxidation sites excluding steroid dienone is 1. The van der Waals surface area contributed by atoms with Crippen molar-refractivity contribution in [2.45, 2.75) is 13.3 Å². The number of benzene rings is 1. The second kappa shape index (κ2) is 4.45. The molecule has 1 N–H and O–H groups in total. The lowest BCUT2D eigenvalue weighted by atomic mass is 10.1. The Hall–Kier alpha value is -1.57. The van der Waals surface area contributed by atoms with Crippen LogP contribution in [-0.2, 0) is 11.2 Å². The van der Waals surface area contributed by atoms with Gasteiger partial charge in [-0.15, -0.1) is 6.58 Å². The smallest absolute Gasteiger partial charge is 0.221 e. The lowest BCUT2D eigenvalue weighted by Crippen LogP contribution is -2.05. The summed E-state index contributed by atoms with van der Waals surface area (Å²) in [4.78, 5) is 10.8. The summed E-state index contributed by atoms with van der Waals surface area (Å²) < 4.78 is 0. The Labute approximate surface area is 78.3 Å². The molecule has 0 saturated heterocycles. The number of amides is 1. The zero-order valence-electron chi connectivity index (χ0n) is 7.71. The molecule has 0 aliphatic carbocycles. The topological polar surface area (TPSA) is 29.1 Å². The molecule has 1 aromatic rings. The summed E-state index contributed by atoms with van der Waals surface area (Å²) in [5.41, 5.74) is 1.99. The van der Waals surface area contributed by atoms with E-state index in [4.69, 9.17) is 0 Å². The third-order valence-electron chi connectivity index (χ3n) is 1.63. The van der Waals surface area contributed by atoms with Crippen LogP contribution in [0.4, 0.5) is 5.69 Å². The van der Waals surface area contributed by atoms with Crippen molar-refractivity contribution in [1.29, 1.82) is 0 Å². The van der Waals surface area contributed by atoms with E-state index in [0.29, 0.717) is 0 Å². The van der Waals surface area contributed by atoms with E-state index in [1.54, 1.807) is 0 Å². The van der Waals surface area contributed by atoms with E-state index in [-0.39, 0.29) is 5.91 Å². The number of hydrogen-bond acceptors (Lipinski definition) is 1. The highest BCUT2D eigenvalue weighted by Gasteiger charge is 1.95. The van der Waals surface area contributed by atoms with Crippen molar-refractivity contribution in [3.8, 4) is 0 Å². The maximum atomic E-state index is 10.8. The van der Waals surface area contributed by atoms with E-state index in [9.17, 15) is 4.79 Å². The Morgan fingerprint density at radius 1 is 1.62 bits per heavy atom. The Morgan fingerprint density at radius 3 is 3.00 bits per heavy atom. The Bertz CT molecular complexity index is 318. The molecular formula is C11H13NO. The molecule has 0 heterocycles. The van der Waals surface area contributed by atoms with Crippen molar-refractivity contribution in [2.24, 2.45) is 0 Å². The Morgan fingerprint density at radius 2 is 2.38 bits per heavy atom. The van der Waals surface area contributed by atoms with Crippen LogP contribution in [0.5, 0.6) is 0 Å². The van der Waals surface area contributed by atoms with Crippen molar-refractivity contribution >= 4 is 11.6 Å². The second-order valence-corrected chi connectivity index (χ2v) is 2.87. The maximum absolute atomic E-state index is 10.8. The first kappa shape index (κ1) is 9.52. The van der Waals surface area contributed by atoms with Gasteiger partial charge in [0, 0.05) is 12.6 Å². The minimum absolute atomic E-state index is 0.0456. The summed E-state index contributed by atoms with van der Waals surface area (Å²) in [6.07, 6.45) is 2.67. The quantitative estimate of drug-likeness (QED) is 0.702. The molecular weight excluding hydrogens is 162 g/mol. The molecule has 0 aliphatic rings. The van der Waals surface area contributed by atoms with Gasteiger partial charge >= 0.3 is 0 Å². The highest BCUT2D eigenvalue weighted by Crippen LogP contribution is 2.10. The van der Waals surface area contributed by atoms with Crippen LogP contribution < -0.4 is 5.32 Å². The van der Waals surface area contributed by atoms with E-state index in [1.165, 1.54) is 6.92 Å². The van der Waals surface area contributed by atoms with Crippen molar-refractivity contribution in [1.82, 2.24) is 0 Å². The molecule has 0 fully saturated rings. The zero-order valence-corrected chi connectivity index (χ0v) is 7.71. The lowest BCUT2D eigenvalue weighted by molar-refractivity contribution is -0.114. The number of nitrogens with one attached hydrogen (secondary N) is 1. The van der Waals surface area contributed by atoms with Crippen LogP contribution >= 0.6 is 0 Å². The number of hydrogen-bond donors (Lipinski definition) is 1. The monoisotopic (exact) mass is 175 g/mol. The largest absolute Gasteiger partial charge is 0.326 e. The van der Waals surface area contributed by atoms with Crippen molar-refractivity contribution < 1.29 is 4.79 Å². The SMILES string of the molecule is C=CCc1cccc(NC(C)=O)c1. The second-order valence-electron chi connectivity index (χ2n) is 2.87. The Balaban J connectivity index is 2.78. The third kappa shape index (κ3) is 3.11. The van der Waals surface area contributed by atoms with Gasteiger partial charge in [0.2, 0.25) is 5.91 Å². The van der Waals surface area contributed by atoms with Gasteiger partial charge in [0.1, 0.15) is 0 Å². The third-order valence-corrected chi connectivity index (χ3v) is 1.63. The molecule has 0 atom stereocenters. The van der Waals surface area contributed by atoms with Gasteiger partial charge in [-0.3, -0.25) is 4.79 Å². The highest BCUT2D eigenvalue weighted by atomic mass is 16.1. The lowest BCUT2D eigenvalue weighted by Gasteiger charge is -2.03. The molecule has 1 rings (SSSR count). The number of carbonyl (C=O) groups excluding carboxylic acids is 1. The fourth-order valence-electron chi connectivity index (χ4n) is 1.15. The van der Waals surface area contributed by atoms with E-state index in [1.807, 2.05) is 30.3 Å². The van der Waals surface area contributed by atoms with Gasteiger partial charge in [-0.2, -0.15) is 0 Å². The van der Waals surface area contributed by atoms with Crippen LogP contribution in [0, 0.1) is 0 Å². The van der Waals surface area contributed by atoms with Crippen molar-refractivity contribution in [2.75, 3.05) is 5.32 Å². The van der Waals surface area contributed by atoms with Crippen molar-refractivity contribution in [3.05, 3.63) is 42.5 Å². The average Bonchev–Trinajstić information content (AvgIpc) is 2.04.